The fourth-order valence-corrected chi connectivity index (χ4v) is 4.93. The Morgan fingerprint density at radius 3 is 2.53 bits per heavy atom. The number of allylic oxidation sites excluding steroid dienone is 1. The summed E-state index contributed by atoms with van der Waals surface area (Å²) in [5.74, 6) is -1.38. The Morgan fingerprint density at radius 1 is 1.27 bits per heavy atom. The molecule has 1 aromatic carbocycles. The van der Waals surface area contributed by atoms with Gasteiger partial charge in [0.25, 0.3) is 0 Å². The molecule has 1 unspecified atom stereocenters. The topological polar surface area (TPSA) is 94.8 Å². The third-order valence-corrected chi connectivity index (χ3v) is 7.00. The first kappa shape index (κ1) is 22.4. The lowest BCUT2D eigenvalue weighted by atomic mass is 9.62. The number of carboxylic acid groups (broad SMARTS) is 1. The molecule has 5 heteroatoms. The van der Waals surface area contributed by atoms with Gasteiger partial charge in [0.1, 0.15) is 5.78 Å². The minimum Gasteiger partial charge on any atom is -0.478 e. The molecule has 3 rings (SSSR count). The third-order valence-electron chi connectivity index (χ3n) is 7.00. The van der Waals surface area contributed by atoms with Crippen LogP contribution in [0.3, 0.4) is 0 Å². The van der Waals surface area contributed by atoms with Crippen molar-refractivity contribution in [3.8, 4) is 0 Å². The fourth-order valence-electron chi connectivity index (χ4n) is 4.93. The van der Waals surface area contributed by atoms with Gasteiger partial charge >= 0.3 is 5.97 Å². The van der Waals surface area contributed by atoms with Gasteiger partial charge in [-0.05, 0) is 56.2 Å². The lowest BCUT2D eigenvalue weighted by Gasteiger charge is -2.45. The van der Waals surface area contributed by atoms with E-state index in [1.54, 1.807) is 24.3 Å². The maximum Gasteiger partial charge on any atom is 0.335 e. The molecule has 3 N–H and O–H groups in total. The molecular formula is C25H32O5. The van der Waals surface area contributed by atoms with E-state index in [1.807, 2.05) is 18.2 Å². The van der Waals surface area contributed by atoms with Crippen LogP contribution >= 0.6 is 0 Å². The number of hydrogen-bond donors (Lipinski definition) is 3. The summed E-state index contributed by atoms with van der Waals surface area (Å²) < 4.78 is 0. The van der Waals surface area contributed by atoms with Gasteiger partial charge in [-0.1, -0.05) is 36.8 Å². The fraction of sp³-hybridized carbons (Fsp3) is 0.520. The average molecular weight is 413 g/mol. The second-order valence-electron chi connectivity index (χ2n) is 8.85. The van der Waals surface area contributed by atoms with Gasteiger partial charge in [0.05, 0.1) is 17.8 Å². The van der Waals surface area contributed by atoms with Gasteiger partial charge in [-0.3, -0.25) is 4.79 Å². The van der Waals surface area contributed by atoms with Gasteiger partial charge in [-0.2, -0.15) is 0 Å². The molecule has 2 saturated carbocycles. The van der Waals surface area contributed by atoms with Crippen molar-refractivity contribution in [1.82, 2.24) is 0 Å². The Morgan fingerprint density at radius 2 is 1.97 bits per heavy atom. The molecule has 162 valence electrons. The number of aliphatic hydroxyl groups is 2. The lowest BCUT2D eigenvalue weighted by molar-refractivity contribution is -0.121. The number of aliphatic hydroxyl groups excluding tert-OH is 2. The normalized spacial score (nSPS) is 26.5. The minimum absolute atomic E-state index is 0.0578. The average Bonchev–Trinajstić information content (AvgIpc) is 2.95. The Balaban J connectivity index is 1.58. The number of ketones is 1. The van der Waals surface area contributed by atoms with Gasteiger partial charge in [0.15, 0.2) is 0 Å². The number of Topliss-reactive ketones (excluding diaryl/α,β-unsaturated/α-hetero) is 1. The predicted octanol–water partition coefficient (Wildman–Crippen LogP) is 3.94. The van der Waals surface area contributed by atoms with E-state index in [1.165, 1.54) is 0 Å². The van der Waals surface area contributed by atoms with Crippen molar-refractivity contribution in [2.24, 2.45) is 17.3 Å². The molecule has 0 heterocycles. The molecule has 1 aromatic rings. The van der Waals surface area contributed by atoms with Crippen LogP contribution in [-0.4, -0.2) is 39.3 Å². The summed E-state index contributed by atoms with van der Waals surface area (Å²) in [5.41, 5.74) is 1.16. The van der Waals surface area contributed by atoms with E-state index in [9.17, 15) is 19.8 Å². The van der Waals surface area contributed by atoms with Crippen LogP contribution in [0, 0.1) is 17.3 Å². The summed E-state index contributed by atoms with van der Waals surface area (Å²) in [6, 6.07) is 6.69. The van der Waals surface area contributed by atoms with E-state index in [-0.39, 0.29) is 35.0 Å². The number of carbonyl (C=O) groups is 2. The van der Waals surface area contributed by atoms with Crippen LogP contribution in [0.2, 0.25) is 0 Å². The Labute approximate surface area is 178 Å². The standard InChI is InChI=1S/C25H32O5/c1-2-13-25(14-4-15-25)23(28)6-3-5-19-20(22(27)16-21(19)26)12-9-17-7-10-18(11-8-17)24(29)30/h2-3,5,7-8,10-11,19-21,23,26,28H,1,4,6,9,12-16H2,(H,29,30)/b5-3+/t19-,20-,21-,23?/m1/s1. The zero-order chi connectivity index (χ0) is 21.7. The first-order valence-corrected chi connectivity index (χ1v) is 10.8. The van der Waals surface area contributed by atoms with Crippen LogP contribution in [0.5, 0.6) is 0 Å². The van der Waals surface area contributed by atoms with Crippen LogP contribution in [0.4, 0.5) is 0 Å². The number of aryl methyl sites for hydroxylation is 1. The molecule has 0 saturated heterocycles. The third kappa shape index (κ3) is 4.90. The Bertz CT molecular complexity index is 790. The molecule has 0 bridgehead atoms. The van der Waals surface area contributed by atoms with Crippen molar-refractivity contribution in [3.05, 3.63) is 60.2 Å². The van der Waals surface area contributed by atoms with Crippen LogP contribution in [0.25, 0.3) is 0 Å². The van der Waals surface area contributed by atoms with Gasteiger partial charge < -0.3 is 15.3 Å². The van der Waals surface area contributed by atoms with Gasteiger partial charge in [-0.15, -0.1) is 6.58 Å². The first-order valence-electron chi connectivity index (χ1n) is 10.8. The minimum atomic E-state index is -0.959. The van der Waals surface area contributed by atoms with Crippen molar-refractivity contribution < 1.29 is 24.9 Å². The Kier molecular flexibility index (Phi) is 7.27. The second kappa shape index (κ2) is 9.71. The molecule has 0 amide bonds. The van der Waals surface area contributed by atoms with E-state index >= 15 is 0 Å². The zero-order valence-electron chi connectivity index (χ0n) is 17.4. The van der Waals surface area contributed by atoms with Crippen molar-refractivity contribution in [2.45, 2.75) is 63.6 Å². The summed E-state index contributed by atoms with van der Waals surface area (Å²) in [6.07, 6.45) is 10.5. The molecule has 30 heavy (non-hydrogen) atoms. The van der Waals surface area contributed by atoms with Crippen LogP contribution in [0.1, 0.15) is 60.9 Å². The Hall–Kier alpha value is -2.24. The zero-order valence-corrected chi connectivity index (χ0v) is 17.4. The van der Waals surface area contributed by atoms with Crippen molar-refractivity contribution in [1.29, 1.82) is 0 Å². The highest BCUT2D eigenvalue weighted by atomic mass is 16.4. The summed E-state index contributed by atoms with van der Waals surface area (Å²) in [7, 11) is 0. The van der Waals surface area contributed by atoms with Crippen LogP contribution in [0.15, 0.2) is 49.1 Å². The van der Waals surface area contributed by atoms with Gasteiger partial charge in [0.2, 0.25) is 0 Å². The highest BCUT2D eigenvalue weighted by molar-refractivity contribution is 5.87. The van der Waals surface area contributed by atoms with Crippen molar-refractivity contribution in [3.63, 3.8) is 0 Å². The van der Waals surface area contributed by atoms with Crippen molar-refractivity contribution >= 4 is 11.8 Å². The summed E-state index contributed by atoms with van der Waals surface area (Å²) in [6.45, 7) is 3.81. The molecule has 4 atom stereocenters. The largest absolute Gasteiger partial charge is 0.478 e. The molecule has 5 nitrogen and oxygen atoms in total. The molecule has 2 fully saturated rings. The van der Waals surface area contributed by atoms with Crippen molar-refractivity contribution in [2.75, 3.05) is 0 Å². The highest BCUT2D eigenvalue weighted by Crippen LogP contribution is 2.48. The maximum absolute atomic E-state index is 12.4. The summed E-state index contributed by atoms with van der Waals surface area (Å²) in [4.78, 5) is 23.4. The molecule has 0 radical (unpaired) electrons. The second-order valence-corrected chi connectivity index (χ2v) is 8.85. The molecule has 0 aliphatic heterocycles. The SMILES string of the molecule is C=CCC1(C(O)C/C=C/[C@H]2[C@H](O)CC(=O)[C@@H]2CCc2ccc(C(=O)O)cc2)CCC1. The predicted molar refractivity (Wildman–Crippen MR) is 115 cm³/mol. The van der Waals surface area contributed by atoms with E-state index in [2.05, 4.69) is 6.58 Å². The number of carboxylic acids is 1. The van der Waals surface area contributed by atoms with E-state index in [4.69, 9.17) is 5.11 Å². The first-order chi connectivity index (χ1) is 14.4. The molecule has 0 spiro atoms. The van der Waals surface area contributed by atoms with Gasteiger partial charge in [-0.25, -0.2) is 4.79 Å². The number of carbonyl (C=O) groups excluding carboxylic acids is 1. The molecule has 0 aromatic heterocycles. The number of rotatable bonds is 10. The monoisotopic (exact) mass is 412 g/mol. The van der Waals surface area contributed by atoms with E-state index in [0.717, 1.165) is 31.2 Å². The number of aromatic carboxylic acids is 1. The molecular weight excluding hydrogens is 380 g/mol. The van der Waals surface area contributed by atoms with E-state index in [0.29, 0.717) is 19.3 Å². The van der Waals surface area contributed by atoms with Crippen LogP contribution in [-0.2, 0) is 11.2 Å². The quantitative estimate of drug-likeness (QED) is 0.506. The van der Waals surface area contributed by atoms with Gasteiger partial charge in [0, 0.05) is 23.7 Å². The molecule has 2 aliphatic rings. The summed E-state index contributed by atoms with van der Waals surface area (Å²) in [5, 5.41) is 30.0. The highest BCUT2D eigenvalue weighted by Gasteiger charge is 2.42. The van der Waals surface area contributed by atoms with Crippen LogP contribution < -0.4 is 0 Å². The maximum atomic E-state index is 12.4. The smallest absolute Gasteiger partial charge is 0.335 e. The summed E-state index contributed by atoms with van der Waals surface area (Å²) >= 11 is 0. The van der Waals surface area contributed by atoms with E-state index < -0.39 is 18.2 Å². The lowest BCUT2D eigenvalue weighted by Crippen LogP contribution is -2.40. The number of hydrogen-bond acceptors (Lipinski definition) is 4. The number of benzene rings is 1. The molecule has 2 aliphatic carbocycles.